The third-order valence-corrected chi connectivity index (χ3v) is 5.32. The van der Waals surface area contributed by atoms with Gasteiger partial charge in [-0.25, -0.2) is 14.6 Å². The van der Waals surface area contributed by atoms with Gasteiger partial charge in [0.05, 0.1) is 6.42 Å². The monoisotopic (exact) mass is 533 g/mol. The molecule has 2 fully saturated rings. The van der Waals surface area contributed by atoms with Crippen molar-refractivity contribution < 1.29 is 48.6 Å². The molecule has 2 aliphatic rings. The van der Waals surface area contributed by atoms with Crippen LogP contribution >= 0.6 is 11.3 Å². The Morgan fingerprint density at radius 1 is 1.34 bits per heavy atom. The van der Waals surface area contributed by atoms with Gasteiger partial charge in [-0.1, -0.05) is 5.16 Å². The topological polar surface area (TPSA) is 220 Å². The molecule has 0 radical (unpaired) electrons. The van der Waals surface area contributed by atoms with E-state index >= 15 is 0 Å². The van der Waals surface area contributed by atoms with Gasteiger partial charge in [0.15, 0.2) is 10.8 Å². The van der Waals surface area contributed by atoms with Gasteiger partial charge in [0.1, 0.15) is 18.3 Å². The molecule has 182 valence electrons. The van der Waals surface area contributed by atoms with Gasteiger partial charge in [-0.3, -0.25) is 19.2 Å². The van der Waals surface area contributed by atoms with Crippen LogP contribution in [-0.2, 0) is 38.4 Å². The Kier molecular flexibility index (Phi) is 10.7. The molecule has 2 atom stereocenters. The Bertz CT molecular complexity index is 1060. The van der Waals surface area contributed by atoms with Crippen molar-refractivity contribution in [1.29, 1.82) is 0 Å². The minimum atomic E-state index is -2.34. The van der Waals surface area contributed by atoms with Gasteiger partial charge in [0.25, 0.3) is 11.8 Å². The summed E-state index contributed by atoms with van der Waals surface area (Å²) in [4.78, 5) is 74.1. The zero-order valence-corrected chi connectivity index (χ0v) is 18.1. The summed E-state index contributed by atoms with van der Waals surface area (Å²) in [7, 11) is 0. The van der Waals surface area contributed by atoms with E-state index in [1.54, 1.807) is 0 Å². The fraction of sp³-hybridized carbons (Fsp3) is 0.471. The van der Waals surface area contributed by atoms with E-state index in [1.807, 2.05) is 0 Å². The molecule has 0 bridgehead atoms. The van der Waals surface area contributed by atoms with Crippen LogP contribution in [0.5, 0.6) is 0 Å². The number of carbonyl (C=O) groups excluding carboxylic acids is 3. The maximum absolute atomic E-state index is 12.9. The number of nitrogens with one attached hydrogen (secondary N) is 1. The molecule has 0 aromatic carbocycles. The molecule has 35 heavy (non-hydrogen) atoms. The van der Waals surface area contributed by atoms with Gasteiger partial charge >= 0.3 is 82.7 Å². The average Bonchev–Trinajstić information content (AvgIpc) is 3.42. The number of ether oxygens (including phenoxy) is 1. The number of anilines is 1. The first kappa shape index (κ1) is 31.2. The number of cyclic esters (lactones) is 1. The second kappa shape index (κ2) is 12.0. The van der Waals surface area contributed by atoms with Crippen LogP contribution in [0, 0.1) is 0 Å². The molecule has 0 spiro atoms. The van der Waals surface area contributed by atoms with Crippen LogP contribution in [0.3, 0.4) is 0 Å². The van der Waals surface area contributed by atoms with Crippen LogP contribution in [0.15, 0.2) is 10.5 Å². The maximum atomic E-state index is 12.9. The number of esters is 1. The van der Waals surface area contributed by atoms with E-state index in [1.165, 1.54) is 19.2 Å². The summed E-state index contributed by atoms with van der Waals surface area (Å²) in [6, 6.07) is -1.37. The Labute approximate surface area is 245 Å². The molecule has 2 amide bonds. The van der Waals surface area contributed by atoms with Crippen LogP contribution in [0.2, 0.25) is 0 Å². The first-order valence-electron chi connectivity index (χ1n) is 9.31. The van der Waals surface area contributed by atoms with Gasteiger partial charge in [-0.2, -0.15) is 5.06 Å². The van der Waals surface area contributed by atoms with Crippen molar-refractivity contribution in [3.8, 4) is 0 Å². The second-order valence-corrected chi connectivity index (χ2v) is 8.33. The van der Waals surface area contributed by atoms with E-state index < -0.39 is 59.4 Å². The fourth-order valence-corrected chi connectivity index (χ4v) is 3.33. The minimum absolute atomic E-state index is 0. The van der Waals surface area contributed by atoms with Gasteiger partial charge in [0.2, 0.25) is 5.60 Å². The number of aliphatic carboxylic acids is 2. The van der Waals surface area contributed by atoms with Gasteiger partial charge in [-0.05, 0) is 13.8 Å². The summed E-state index contributed by atoms with van der Waals surface area (Å²) >= 11 is 0.974. The zero-order chi connectivity index (χ0) is 24.6. The number of nitrogens with two attached hydrogens (primary N) is 1. The number of hydrogen-bond donors (Lipinski definition) is 4. The molecule has 5 N–H and O–H groups in total. The molecule has 0 aliphatic carbocycles. The summed E-state index contributed by atoms with van der Waals surface area (Å²) in [6.07, 6.45) is -0.578. The number of nitrogens with zero attached hydrogens (tertiary/aromatic N) is 3. The number of carbonyl (C=O) groups is 5. The molecule has 1 aromatic rings. The summed E-state index contributed by atoms with van der Waals surface area (Å²) in [5.74, 6) is -5.78. The number of nitrogen functional groups attached to an aromatic ring is 1. The fourth-order valence-electron chi connectivity index (χ4n) is 2.78. The summed E-state index contributed by atoms with van der Waals surface area (Å²) < 4.78 is 4.84. The van der Waals surface area contributed by atoms with Crippen molar-refractivity contribution in [2.45, 2.75) is 44.1 Å². The number of rotatable bonds is 8. The predicted molar refractivity (Wildman–Crippen MR) is 121 cm³/mol. The molecule has 18 heteroatoms. The van der Waals surface area contributed by atoms with Crippen molar-refractivity contribution in [3.05, 3.63) is 11.1 Å². The number of thiazole rings is 1. The van der Waals surface area contributed by atoms with E-state index in [-0.39, 0.29) is 82.8 Å². The Balaban J connectivity index is 0.00000306. The number of amides is 2. The second-order valence-electron chi connectivity index (χ2n) is 7.44. The van der Waals surface area contributed by atoms with E-state index in [2.05, 4.69) is 15.5 Å². The number of aromatic nitrogens is 1. The number of hydroxylamine groups is 2. The molecular weight excluding hydrogens is 512 g/mol. The summed E-state index contributed by atoms with van der Waals surface area (Å²) in [5.41, 5.74) is 0.910. The average molecular weight is 533 g/mol. The number of hydrogen-bond acceptors (Lipinski definition) is 12. The third kappa shape index (κ3) is 6.51. The molecule has 1 unspecified atom stereocenters. The SMILES string of the molecule is CC(C)(O/N=C(\C(=O)N[C@H]1CON(C2(C(=O)O)CCC(=O)O2)C1=O)c1csc(N)n1)C(=O)O.[NaH].[NaH]. The van der Waals surface area contributed by atoms with Crippen LogP contribution in [0.1, 0.15) is 32.4 Å². The van der Waals surface area contributed by atoms with Crippen molar-refractivity contribution >= 4 is 111 Å². The Morgan fingerprint density at radius 2 is 2.00 bits per heavy atom. The zero-order valence-electron chi connectivity index (χ0n) is 17.3. The molecule has 3 heterocycles. The van der Waals surface area contributed by atoms with Gasteiger partial charge < -0.3 is 30.8 Å². The van der Waals surface area contributed by atoms with Crippen molar-refractivity contribution in [3.63, 3.8) is 0 Å². The third-order valence-electron chi connectivity index (χ3n) is 4.65. The standard InChI is InChI=1S/C17H19N5O10S.2Na.2H/c1-16(2,13(26)27)32-21-10(8-6-33-15(18)20-8)11(24)19-7-5-30-22(12(7)25)17(14(28)29)4-3-9(23)31-17;;;;/h6-7H,3-5H2,1-2H3,(H2,18,20)(H,19,24)(H,26,27)(H,28,29);;;;/b21-10-;;;;/t7-,17?;;;;/m0..../s1. The molecule has 1 aromatic heterocycles. The van der Waals surface area contributed by atoms with Gasteiger partial charge in [0, 0.05) is 11.8 Å². The van der Waals surface area contributed by atoms with Gasteiger partial charge in [-0.15, -0.1) is 11.3 Å². The first-order valence-corrected chi connectivity index (χ1v) is 10.2. The Morgan fingerprint density at radius 3 is 2.49 bits per heavy atom. The summed E-state index contributed by atoms with van der Waals surface area (Å²) in [6.45, 7) is 1.93. The van der Waals surface area contributed by atoms with Crippen molar-refractivity contribution in [2.24, 2.45) is 5.16 Å². The quantitative estimate of drug-likeness (QED) is 0.117. The molecule has 2 saturated heterocycles. The molecule has 2 aliphatic heterocycles. The molecular formula is C17H21N5Na2O10S. The molecule has 0 saturated carbocycles. The van der Waals surface area contributed by atoms with Crippen molar-refractivity contribution in [1.82, 2.24) is 15.4 Å². The van der Waals surface area contributed by atoms with E-state index in [4.69, 9.17) is 20.1 Å². The summed E-state index contributed by atoms with van der Waals surface area (Å²) in [5, 5.41) is 26.4. The van der Waals surface area contributed by atoms with Crippen molar-refractivity contribution in [2.75, 3.05) is 12.3 Å². The van der Waals surface area contributed by atoms with Crippen LogP contribution < -0.4 is 11.1 Å². The first-order chi connectivity index (χ1) is 15.4. The predicted octanol–water partition coefficient (Wildman–Crippen LogP) is -2.61. The normalized spacial score (nSPS) is 22.1. The van der Waals surface area contributed by atoms with E-state index in [0.29, 0.717) is 5.06 Å². The van der Waals surface area contributed by atoms with E-state index in [0.717, 1.165) is 11.3 Å². The van der Waals surface area contributed by atoms with Crippen LogP contribution in [0.25, 0.3) is 0 Å². The van der Waals surface area contributed by atoms with E-state index in [9.17, 15) is 34.2 Å². The van der Waals surface area contributed by atoms with Crippen LogP contribution in [-0.4, -0.2) is 139 Å². The number of oxime groups is 1. The Hall–Kier alpha value is -1.79. The van der Waals surface area contributed by atoms with Crippen LogP contribution in [0.4, 0.5) is 5.13 Å². The number of carboxylic acids is 2. The number of carboxylic acid groups (broad SMARTS) is 2. The molecule has 15 nitrogen and oxygen atoms in total. The molecule has 3 rings (SSSR count).